The topological polar surface area (TPSA) is 63.8 Å². The predicted octanol–water partition coefficient (Wildman–Crippen LogP) is 8.98. The molecule has 0 aliphatic carbocycles. The molecule has 6 aromatic rings. The molecule has 12 heteroatoms. The van der Waals surface area contributed by atoms with Crippen molar-refractivity contribution in [3.05, 3.63) is 179 Å². The van der Waals surface area contributed by atoms with Crippen molar-refractivity contribution in [1.29, 1.82) is 0 Å². The third-order valence-electron chi connectivity index (χ3n) is 14.2. The van der Waals surface area contributed by atoms with Crippen LogP contribution in [0.2, 0.25) is 0 Å². The van der Waals surface area contributed by atoms with Crippen molar-refractivity contribution in [2.24, 2.45) is 0 Å². The maximum absolute atomic E-state index is 6.39. The molecule has 2 aliphatic heterocycles. The molecule has 8 rings (SSSR count). The SMILES string of the molecule is CC(C)(C)c1ccc(B2NB(c3ccc(C(C)(C)C)cc3)NB(c3ccc(C(C)(C)C)cc3)N2)cc1.CC(C)(C)c1ccc(B2OB(c3ccc(C(C)(C)C)cc3)OB(c3ccc(C(C)(C)C)cc3)O2)cc1. The van der Waals surface area contributed by atoms with Crippen LogP contribution in [0, 0.1) is 0 Å². The first-order valence-electron chi connectivity index (χ1n) is 26.3. The second kappa shape index (κ2) is 21.4. The molecule has 372 valence electrons. The van der Waals surface area contributed by atoms with Crippen LogP contribution >= 0.6 is 0 Å². The van der Waals surface area contributed by atoms with Crippen LogP contribution in [0.4, 0.5) is 0 Å². The van der Waals surface area contributed by atoms with Gasteiger partial charge in [0.1, 0.15) is 0 Å². The smallest absolute Gasteiger partial charge is 0.445 e. The van der Waals surface area contributed by atoms with Gasteiger partial charge in [0.05, 0.1) is 0 Å². The molecule has 6 aromatic carbocycles. The summed E-state index contributed by atoms with van der Waals surface area (Å²) in [4.78, 5) is 0. The van der Waals surface area contributed by atoms with Gasteiger partial charge >= 0.3 is 42.3 Å². The molecule has 0 spiro atoms. The van der Waals surface area contributed by atoms with Gasteiger partial charge in [0.2, 0.25) is 0 Å². The van der Waals surface area contributed by atoms with E-state index in [0.717, 1.165) is 16.4 Å². The molecule has 3 N–H and O–H groups in total. The summed E-state index contributed by atoms with van der Waals surface area (Å²) in [5.74, 6) is 0. The van der Waals surface area contributed by atoms with Crippen molar-refractivity contribution in [3.8, 4) is 0 Å². The quantitative estimate of drug-likeness (QED) is 0.145. The van der Waals surface area contributed by atoms with E-state index in [9.17, 15) is 0 Å². The standard InChI is InChI=1S/C30H42B3N3.C30H39B3O3/c2*1-28(2,3)22-10-16-25(17-11-22)31-34-32(26-18-12-23(13-19-26)29(4,5)6)36-33(35-31)27-20-14-24(15-21-27)30(7,8)9/h10-21,34-36H,1-9H3;10-21H,1-9H3. The number of nitrogens with one attached hydrogen (secondary N) is 3. The van der Waals surface area contributed by atoms with E-state index in [-0.39, 0.29) is 53.4 Å². The summed E-state index contributed by atoms with van der Waals surface area (Å²) >= 11 is 0. The van der Waals surface area contributed by atoms with Crippen LogP contribution in [0.3, 0.4) is 0 Å². The third kappa shape index (κ3) is 14.0. The van der Waals surface area contributed by atoms with Gasteiger partial charge in [0.15, 0.2) is 0 Å². The average molecular weight is 957 g/mol. The molecule has 2 heterocycles. The molecule has 72 heavy (non-hydrogen) atoms. The summed E-state index contributed by atoms with van der Waals surface area (Å²) in [6, 6.07) is 52.8. The Hall–Kier alpha value is -4.53. The zero-order valence-corrected chi connectivity index (χ0v) is 47.0. The number of hydrogen-bond acceptors (Lipinski definition) is 6. The fraction of sp³-hybridized carbons (Fsp3) is 0.400. The van der Waals surface area contributed by atoms with Crippen molar-refractivity contribution in [2.45, 2.75) is 157 Å². The lowest BCUT2D eigenvalue weighted by Crippen LogP contribution is -2.83. The minimum atomic E-state index is -0.535. The lowest BCUT2D eigenvalue weighted by atomic mass is 9.43. The minimum absolute atomic E-state index is 0.0276. The van der Waals surface area contributed by atoms with E-state index in [4.69, 9.17) is 13.7 Å². The lowest BCUT2D eigenvalue weighted by molar-refractivity contribution is 0.308. The Balaban J connectivity index is 0.000000211. The first kappa shape index (κ1) is 55.2. The van der Waals surface area contributed by atoms with Gasteiger partial charge in [-0.2, -0.15) is 0 Å². The van der Waals surface area contributed by atoms with Crippen LogP contribution in [0.15, 0.2) is 146 Å². The Kier molecular flexibility index (Phi) is 16.4. The molecule has 6 nitrogen and oxygen atoms in total. The molecular weight excluding hydrogens is 876 g/mol. The van der Waals surface area contributed by atoms with E-state index in [1.165, 1.54) is 49.8 Å². The third-order valence-corrected chi connectivity index (χ3v) is 14.2. The summed E-state index contributed by atoms with van der Waals surface area (Å²) in [6.45, 7) is 40.4. The van der Waals surface area contributed by atoms with Gasteiger partial charge < -0.3 is 29.1 Å². The fourth-order valence-electron chi connectivity index (χ4n) is 9.07. The summed E-state index contributed by atoms with van der Waals surface area (Å²) in [5.41, 5.74) is 15.3. The molecule has 2 aliphatic rings. The molecule has 2 saturated heterocycles. The molecule has 0 bridgehead atoms. The number of rotatable bonds is 6. The van der Waals surface area contributed by atoms with Crippen LogP contribution in [0.25, 0.3) is 0 Å². The highest BCUT2D eigenvalue weighted by Crippen LogP contribution is 2.26. The van der Waals surface area contributed by atoms with Crippen molar-refractivity contribution in [2.75, 3.05) is 0 Å². The highest BCUT2D eigenvalue weighted by atomic mass is 16.7. The first-order valence-corrected chi connectivity index (χ1v) is 26.3. The van der Waals surface area contributed by atoms with Crippen molar-refractivity contribution in [3.63, 3.8) is 0 Å². The van der Waals surface area contributed by atoms with Gasteiger partial charge in [-0.25, -0.2) is 0 Å². The Morgan fingerprint density at radius 1 is 0.222 bits per heavy atom. The number of hydrogen-bond donors (Lipinski definition) is 3. The predicted molar refractivity (Wildman–Crippen MR) is 316 cm³/mol. The molecule has 0 saturated carbocycles. The molecule has 0 radical (unpaired) electrons. The van der Waals surface area contributed by atoms with E-state index < -0.39 is 21.4 Å². The van der Waals surface area contributed by atoms with E-state index >= 15 is 0 Å². The molecule has 0 unspecified atom stereocenters. The zero-order valence-electron chi connectivity index (χ0n) is 47.0. The van der Waals surface area contributed by atoms with E-state index in [1.54, 1.807) is 0 Å². The minimum Gasteiger partial charge on any atom is -0.445 e. The summed E-state index contributed by atoms with van der Waals surface area (Å²) in [7, 11) is -1.60. The van der Waals surface area contributed by atoms with Crippen molar-refractivity contribution < 1.29 is 13.7 Å². The molecular formula is C60H81B6N3O3. The Labute approximate surface area is 438 Å². The van der Waals surface area contributed by atoms with Crippen molar-refractivity contribution in [1.82, 2.24) is 15.4 Å². The average Bonchev–Trinajstić information content (AvgIpc) is 3.32. The highest BCUT2D eigenvalue weighted by Gasteiger charge is 2.44. The van der Waals surface area contributed by atoms with Gasteiger partial charge in [-0.15, -0.1) is 0 Å². The maximum Gasteiger partial charge on any atom is 0.467 e. The molecule has 0 aromatic heterocycles. The second-order valence-electron chi connectivity index (χ2n) is 26.4. The maximum atomic E-state index is 6.39. The monoisotopic (exact) mass is 958 g/mol. The van der Waals surface area contributed by atoms with Crippen LogP contribution < -0.4 is 48.2 Å². The van der Waals surface area contributed by atoms with Crippen LogP contribution in [0.1, 0.15) is 158 Å². The Morgan fingerprint density at radius 2 is 0.361 bits per heavy atom. The van der Waals surface area contributed by atoms with Gasteiger partial charge in [-0.1, -0.05) is 270 Å². The normalized spacial score (nSPS) is 15.4. The van der Waals surface area contributed by atoms with Gasteiger partial charge in [0, 0.05) is 0 Å². The molecule has 0 atom stereocenters. The second-order valence-corrected chi connectivity index (χ2v) is 26.4. The van der Waals surface area contributed by atoms with E-state index in [1.807, 2.05) is 0 Å². The van der Waals surface area contributed by atoms with Gasteiger partial charge in [0.25, 0.3) is 0 Å². The summed E-state index contributed by atoms with van der Waals surface area (Å²) < 4.78 is 19.2. The number of benzene rings is 6. The van der Waals surface area contributed by atoms with Crippen LogP contribution in [-0.2, 0) is 46.2 Å². The summed E-state index contributed by atoms with van der Waals surface area (Å²) in [5, 5.41) is 11.4. The van der Waals surface area contributed by atoms with E-state index in [2.05, 4.69) is 286 Å². The first-order chi connectivity index (χ1) is 33.4. The Morgan fingerprint density at radius 3 is 0.500 bits per heavy atom. The van der Waals surface area contributed by atoms with Gasteiger partial charge in [-0.05, 0) is 98.6 Å². The highest BCUT2D eigenvalue weighted by molar-refractivity contribution is 6.99. The fourth-order valence-corrected chi connectivity index (χ4v) is 9.07. The summed E-state index contributed by atoms with van der Waals surface area (Å²) in [6.07, 6.45) is 0. The van der Waals surface area contributed by atoms with Crippen LogP contribution in [-0.4, -0.2) is 42.3 Å². The zero-order chi connectivity index (χ0) is 52.6. The lowest BCUT2D eigenvalue weighted by Gasteiger charge is -2.34. The van der Waals surface area contributed by atoms with Crippen LogP contribution in [0.5, 0.6) is 0 Å². The molecule has 2 fully saturated rings. The van der Waals surface area contributed by atoms with Gasteiger partial charge in [-0.3, -0.25) is 0 Å². The largest absolute Gasteiger partial charge is 0.467 e. The van der Waals surface area contributed by atoms with E-state index in [0.29, 0.717) is 0 Å². The molecule has 0 amide bonds. The van der Waals surface area contributed by atoms with Crippen molar-refractivity contribution >= 4 is 75.1 Å². The Bertz CT molecular complexity index is 2190.